The fourth-order valence-electron chi connectivity index (χ4n) is 3.60. The zero-order valence-electron chi connectivity index (χ0n) is 14.6. The van der Waals surface area contributed by atoms with Gasteiger partial charge in [0.25, 0.3) is 0 Å². The molecule has 1 aromatic carbocycles. The van der Waals surface area contributed by atoms with Crippen LogP contribution < -0.4 is 9.62 Å². The fraction of sp³-hybridized carbons (Fsp3) is 0.647. The van der Waals surface area contributed by atoms with Crippen molar-refractivity contribution >= 4 is 21.6 Å². The second kappa shape index (κ2) is 7.29. The van der Waals surface area contributed by atoms with Gasteiger partial charge in [-0.3, -0.25) is 9.62 Å². The van der Waals surface area contributed by atoms with Crippen LogP contribution in [0.25, 0.3) is 0 Å². The van der Waals surface area contributed by atoms with Crippen molar-refractivity contribution < 1.29 is 8.42 Å². The Morgan fingerprint density at radius 3 is 2.12 bits per heavy atom. The first-order chi connectivity index (χ1) is 11.5. The normalized spacial score (nSPS) is 20.7. The van der Waals surface area contributed by atoms with Crippen LogP contribution in [0.15, 0.2) is 24.3 Å². The highest BCUT2D eigenvalue weighted by Crippen LogP contribution is 2.26. The molecule has 24 heavy (non-hydrogen) atoms. The molecule has 0 spiro atoms. The van der Waals surface area contributed by atoms with Gasteiger partial charge in [-0.1, -0.05) is 12.8 Å². The summed E-state index contributed by atoms with van der Waals surface area (Å²) in [6.45, 7) is 4.33. The van der Waals surface area contributed by atoms with Gasteiger partial charge in [0.1, 0.15) is 0 Å². The Balaban J connectivity index is 1.56. The Bertz CT molecular complexity index is 631. The Kier molecular flexibility index (Phi) is 5.32. The van der Waals surface area contributed by atoms with E-state index in [2.05, 4.69) is 14.5 Å². The van der Waals surface area contributed by atoms with E-state index in [0.29, 0.717) is 5.69 Å². The van der Waals surface area contributed by atoms with Crippen LogP contribution >= 0.6 is 0 Å². The molecule has 3 rings (SSSR count). The molecule has 0 aromatic heterocycles. The van der Waals surface area contributed by atoms with Gasteiger partial charge in [-0.25, -0.2) is 0 Å². The van der Waals surface area contributed by atoms with Crippen molar-refractivity contribution in [3.05, 3.63) is 24.3 Å². The highest BCUT2D eigenvalue weighted by Gasteiger charge is 2.26. The van der Waals surface area contributed by atoms with Crippen molar-refractivity contribution in [1.29, 1.82) is 0 Å². The highest BCUT2D eigenvalue weighted by molar-refractivity contribution is 7.90. The Morgan fingerprint density at radius 2 is 1.58 bits per heavy atom. The predicted molar refractivity (Wildman–Crippen MR) is 98.7 cm³/mol. The first-order valence-electron chi connectivity index (χ1n) is 8.75. The molecule has 1 aromatic rings. The molecule has 2 fully saturated rings. The molecule has 1 heterocycles. The summed E-state index contributed by atoms with van der Waals surface area (Å²) in [5.74, 6) is 0. The SMILES string of the molecule is CN(C)S(=O)(=O)Nc1ccc(N2CCN(C3CCCC3)CC2)cc1. The molecule has 1 N–H and O–H groups in total. The van der Waals surface area contributed by atoms with E-state index in [4.69, 9.17) is 0 Å². The molecule has 1 aliphatic carbocycles. The summed E-state index contributed by atoms with van der Waals surface area (Å²) in [7, 11) is -0.414. The summed E-state index contributed by atoms with van der Waals surface area (Å²) in [5.41, 5.74) is 1.76. The lowest BCUT2D eigenvalue weighted by Gasteiger charge is -2.39. The number of hydrogen-bond acceptors (Lipinski definition) is 4. The van der Waals surface area contributed by atoms with Crippen molar-refractivity contribution in [2.75, 3.05) is 49.9 Å². The van der Waals surface area contributed by atoms with E-state index in [1.807, 2.05) is 24.3 Å². The van der Waals surface area contributed by atoms with Crippen LogP contribution in [0.1, 0.15) is 25.7 Å². The maximum absolute atomic E-state index is 11.8. The van der Waals surface area contributed by atoms with Crippen LogP contribution in [0.3, 0.4) is 0 Å². The second-order valence-electron chi connectivity index (χ2n) is 6.90. The predicted octanol–water partition coefficient (Wildman–Crippen LogP) is 1.97. The summed E-state index contributed by atoms with van der Waals surface area (Å²) < 4.78 is 27.4. The third-order valence-electron chi connectivity index (χ3n) is 5.12. The number of hydrogen-bond donors (Lipinski definition) is 1. The maximum Gasteiger partial charge on any atom is 0.301 e. The number of piperazine rings is 1. The number of benzene rings is 1. The molecule has 0 amide bonds. The first-order valence-corrected chi connectivity index (χ1v) is 10.2. The molecule has 2 aliphatic rings. The van der Waals surface area contributed by atoms with Crippen LogP contribution in [0.5, 0.6) is 0 Å². The quantitative estimate of drug-likeness (QED) is 0.880. The van der Waals surface area contributed by atoms with Crippen LogP contribution in [-0.2, 0) is 10.2 Å². The summed E-state index contributed by atoms with van der Waals surface area (Å²) >= 11 is 0. The Hall–Kier alpha value is -1.31. The fourth-order valence-corrected chi connectivity index (χ4v) is 4.21. The van der Waals surface area contributed by atoms with E-state index < -0.39 is 10.2 Å². The minimum Gasteiger partial charge on any atom is -0.369 e. The smallest absolute Gasteiger partial charge is 0.301 e. The molecule has 0 unspecified atom stereocenters. The standard InChI is InChI=1S/C17H28N4O2S/c1-19(2)24(22,23)18-15-7-9-17(10-8-15)21-13-11-20(12-14-21)16-5-3-4-6-16/h7-10,16,18H,3-6,11-14H2,1-2H3. The first kappa shape index (κ1) is 17.5. The van der Waals surface area contributed by atoms with Crippen LogP contribution in [-0.4, -0.2) is 63.9 Å². The molecule has 1 aliphatic heterocycles. The van der Waals surface area contributed by atoms with E-state index in [1.165, 1.54) is 44.1 Å². The minimum atomic E-state index is -3.44. The maximum atomic E-state index is 11.8. The lowest BCUT2D eigenvalue weighted by Crippen LogP contribution is -2.49. The third-order valence-corrected chi connectivity index (χ3v) is 6.57. The van der Waals surface area contributed by atoms with Gasteiger partial charge < -0.3 is 4.90 Å². The Morgan fingerprint density at radius 1 is 1.00 bits per heavy atom. The van der Waals surface area contributed by atoms with Crippen LogP contribution in [0.4, 0.5) is 11.4 Å². The monoisotopic (exact) mass is 352 g/mol. The average molecular weight is 353 g/mol. The van der Waals surface area contributed by atoms with Crippen molar-refractivity contribution in [3.8, 4) is 0 Å². The van der Waals surface area contributed by atoms with Crippen molar-refractivity contribution in [3.63, 3.8) is 0 Å². The van der Waals surface area contributed by atoms with Crippen molar-refractivity contribution in [1.82, 2.24) is 9.21 Å². The lowest BCUT2D eigenvalue weighted by molar-refractivity contribution is 0.187. The zero-order valence-corrected chi connectivity index (χ0v) is 15.4. The largest absolute Gasteiger partial charge is 0.369 e. The Labute approximate surface area is 145 Å². The summed E-state index contributed by atoms with van der Waals surface area (Å²) in [6, 6.07) is 8.46. The van der Waals surface area contributed by atoms with Gasteiger partial charge in [0.2, 0.25) is 0 Å². The molecule has 1 saturated heterocycles. The zero-order chi connectivity index (χ0) is 17.2. The van der Waals surface area contributed by atoms with Gasteiger partial charge in [0.15, 0.2) is 0 Å². The molecular weight excluding hydrogens is 324 g/mol. The molecule has 134 valence electrons. The van der Waals surface area contributed by atoms with E-state index in [-0.39, 0.29) is 0 Å². The van der Waals surface area contributed by atoms with Gasteiger partial charge in [0, 0.05) is 57.7 Å². The molecule has 6 nitrogen and oxygen atoms in total. The van der Waals surface area contributed by atoms with E-state index >= 15 is 0 Å². The van der Waals surface area contributed by atoms with Crippen LogP contribution in [0, 0.1) is 0 Å². The highest BCUT2D eigenvalue weighted by atomic mass is 32.2. The van der Waals surface area contributed by atoms with Gasteiger partial charge >= 0.3 is 10.2 Å². The number of nitrogens with zero attached hydrogens (tertiary/aromatic N) is 3. The van der Waals surface area contributed by atoms with Gasteiger partial charge in [-0.05, 0) is 37.1 Å². The van der Waals surface area contributed by atoms with Crippen molar-refractivity contribution in [2.45, 2.75) is 31.7 Å². The third kappa shape index (κ3) is 4.02. The van der Waals surface area contributed by atoms with E-state index in [9.17, 15) is 8.42 Å². The molecule has 1 saturated carbocycles. The minimum absolute atomic E-state index is 0.594. The molecule has 0 radical (unpaired) electrons. The molecular formula is C17H28N4O2S. The summed E-state index contributed by atoms with van der Waals surface area (Å²) in [4.78, 5) is 5.03. The molecule has 7 heteroatoms. The van der Waals surface area contributed by atoms with Gasteiger partial charge in [0.05, 0.1) is 0 Å². The lowest BCUT2D eigenvalue weighted by atomic mass is 10.1. The second-order valence-corrected chi connectivity index (χ2v) is 8.78. The number of anilines is 2. The van der Waals surface area contributed by atoms with E-state index in [0.717, 1.165) is 37.9 Å². The van der Waals surface area contributed by atoms with Crippen LogP contribution in [0.2, 0.25) is 0 Å². The average Bonchev–Trinajstić information content (AvgIpc) is 3.10. The molecule has 0 bridgehead atoms. The number of rotatable bonds is 5. The summed E-state index contributed by atoms with van der Waals surface area (Å²) in [6.07, 6.45) is 5.49. The topological polar surface area (TPSA) is 55.9 Å². The molecule has 0 atom stereocenters. The van der Waals surface area contributed by atoms with E-state index in [1.54, 1.807) is 0 Å². The van der Waals surface area contributed by atoms with Gasteiger partial charge in [-0.15, -0.1) is 0 Å². The number of nitrogens with one attached hydrogen (secondary N) is 1. The summed E-state index contributed by atoms with van der Waals surface area (Å²) in [5, 5.41) is 0. The van der Waals surface area contributed by atoms with Crippen molar-refractivity contribution in [2.24, 2.45) is 0 Å². The van der Waals surface area contributed by atoms with Gasteiger partial charge in [-0.2, -0.15) is 12.7 Å².